The number of carbonyl (C=O) groups excluding carboxylic acids is 1. The Hall–Kier alpha value is -3.39. The first-order valence-corrected chi connectivity index (χ1v) is 8.67. The highest BCUT2D eigenvalue weighted by atomic mass is 19.4. The van der Waals surface area contributed by atoms with Crippen molar-refractivity contribution in [3.63, 3.8) is 0 Å². The normalized spacial score (nSPS) is 14.2. The van der Waals surface area contributed by atoms with E-state index in [-0.39, 0.29) is 23.6 Å². The average Bonchev–Trinajstić information content (AvgIpc) is 2.72. The third kappa shape index (κ3) is 5.32. The number of nitrogens with zero attached hydrogens (tertiary/aromatic N) is 4. The van der Waals surface area contributed by atoms with E-state index in [9.17, 15) is 23.2 Å². The van der Waals surface area contributed by atoms with Gasteiger partial charge in [0.1, 0.15) is 11.6 Å². The summed E-state index contributed by atoms with van der Waals surface area (Å²) < 4.78 is 43.6. The SMILES string of the molecule is N#Cc1cnc(N2CCOCC2)nc1NC(=O)CNc1cccc(C(F)(F)F)c1. The van der Waals surface area contributed by atoms with Gasteiger partial charge in [0, 0.05) is 18.8 Å². The van der Waals surface area contributed by atoms with Crippen LogP contribution in [0.3, 0.4) is 0 Å². The van der Waals surface area contributed by atoms with Crippen molar-refractivity contribution in [1.29, 1.82) is 5.26 Å². The van der Waals surface area contributed by atoms with Crippen LogP contribution in [-0.2, 0) is 15.7 Å². The molecule has 29 heavy (non-hydrogen) atoms. The Bertz CT molecular complexity index is 923. The minimum Gasteiger partial charge on any atom is -0.378 e. The highest BCUT2D eigenvalue weighted by Gasteiger charge is 2.30. The van der Waals surface area contributed by atoms with Crippen molar-refractivity contribution >= 4 is 23.4 Å². The highest BCUT2D eigenvalue weighted by Crippen LogP contribution is 2.30. The molecule has 2 N–H and O–H groups in total. The van der Waals surface area contributed by atoms with E-state index < -0.39 is 17.6 Å². The third-order valence-corrected chi connectivity index (χ3v) is 4.09. The molecule has 1 saturated heterocycles. The number of hydrogen-bond donors (Lipinski definition) is 2. The minimum atomic E-state index is -4.47. The molecule has 8 nitrogen and oxygen atoms in total. The van der Waals surface area contributed by atoms with Crippen LogP contribution in [-0.4, -0.2) is 48.7 Å². The van der Waals surface area contributed by atoms with Crippen molar-refractivity contribution < 1.29 is 22.7 Å². The topological polar surface area (TPSA) is 103 Å². The molecule has 1 aliphatic heterocycles. The van der Waals surface area contributed by atoms with Crippen LogP contribution in [0.25, 0.3) is 0 Å². The largest absolute Gasteiger partial charge is 0.416 e. The van der Waals surface area contributed by atoms with E-state index >= 15 is 0 Å². The van der Waals surface area contributed by atoms with Gasteiger partial charge in [-0.3, -0.25) is 4.79 Å². The molecule has 0 aliphatic carbocycles. The van der Waals surface area contributed by atoms with Crippen LogP contribution in [0.15, 0.2) is 30.5 Å². The lowest BCUT2D eigenvalue weighted by molar-refractivity contribution is -0.137. The first-order chi connectivity index (χ1) is 13.9. The molecule has 2 heterocycles. The summed E-state index contributed by atoms with van der Waals surface area (Å²) in [5.41, 5.74) is -0.595. The van der Waals surface area contributed by atoms with Gasteiger partial charge in [0.2, 0.25) is 11.9 Å². The molecule has 1 aliphatic rings. The zero-order valence-corrected chi connectivity index (χ0v) is 15.2. The van der Waals surface area contributed by atoms with Crippen LogP contribution in [0.1, 0.15) is 11.1 Å². The summed E-state index contributed by atoms with van der Waals surface area (Å²) in [7, 11) is 0. The van der Waals surface area contributed by atoms with Crippen molar-refractivity contribution in [2.45, 2.75) is 6.18 Å². The quantitative estimate of drug-likeness (QED) is 0.785. The van der Waals surface area contributed by atoms with Crippen molar-refractivity contribution in [2.75, 3.05) is 48.4 Å². The number of hydrogen-bond acceptors (Lipinski definition) is 7. The van der Waals surface area contributed by atoms with Gasteiger partial charge < -0.3 is 20.3 Å². The van der Waals surface area contributed by atoms with Crippen LogP contribution in [0.2, 0.25) is 0 Å². The van der Waals surface area contributed by atoms with Crippen molar-refractivity contribution in [2.24, 2.45) is 0 Å². The van der Waals surface area contributed by atoms with E-state index in [1.807, 2.05) is 11.0 Å². The fourth-order valence-electron chi connectivity index (χ4n) is 2.63. The second-order valence-electron chi connectivity index (χ2n) is 6.12. The Morgan fingerprint density at radius 2 is 2.07 bits per heavy atom. The standard InChI is InChI=1S/C18H17F3N6O2/c19-18(20,21)13-2-1-3-14(8-13)23-11-15(28)25-16-12(9-22)10-24-17(26-16)27-4-6-29-7-5-27/h1-3,8,10,23H,4-7,11H2,(H,24,25,26,28). The molecule has 1 aromatic carbocycles. The highest BCUT2D eigenvalue weighted by molar-refractivity contribution is 5.94. The lowest BCUT2D eigenvalue weighted by atomic mass is 10.2. The molecule has 0 unspecified atom stereocenters. The fraction of sp³-hybridized carbons (Fsp3) is 0.333. The molecule has 0 atom stereocenters. The molecule has 1 amide bonds. The molecule has 1 aromatic heterocycles. The number of aromatic nitrogens is 2. The Morgan fingerprint density at radius 3 is 2.76 bits per heavy atom. The molecule has 3 rings (SSSR count). The van der Waals surface area contributed by atoms with Gasteiger partial charge in [-0.15, -0.1) is 0 Å². The summed E-state index contributed by atoms with van der Waals surface area (Å²) in [6.45, 7) is 1.90. The summed E-state index contributed by atoms with van der Waals surface area (Å²) in [6.07, 6.45) is -3.16. The van der Waals surface area contributed by atoms with Gasteiger partial charge in [-0.05, 0) is 18.2 Å². The van der Waals surface area contributed by atoms with Crippen LogP contribution in [0, 0.1) is 11.3 Å². The Morgan fingerprint density at radius 1 is 1.31 bits per heavy atom. The van der Waals surface area contributed by atoms with Crippen LogP contribution >= 0.6 is 0 Å². The number of rotatable bonds is 5. The molecular weight excluding hydrogens is 389 g/mol. The van der Waals surface area contributed by atoms with Crippen LogP contribution in [0.4, 0.5) is 30.6 Å². The predicted molar refractivity (Wildman–Crippen MR) is 98.3 cm³/mol. The first-order valence-electron chi connectivity index (χ1n) is 8.67. The van der Waals surface area contributed by atoms with Gasteiger partial charge in [-0.1, -0.05) is 6.07 Å². The number of morpholine rings is 1. The molecule has 0 bridgehead atoms. The van der Waals surface area contributed by atoms with E-state index in [4.69, 9.17) is 4.74 Å². The monoisotopic (exact) mass is 406 g/mol. The fourth-order valence-corrected chi connectivity index (χ4v) is 2.63. The maximum Gasteiger partial charge on any atom is 0.416 e. The van der Waals surface area contributed by atoms with Gasteiger partial charge >= 0.3 is 6.18 Å². The van der Waals surface area contributed by atoms with Gasteiger partial charge in [0.15, 0.2) is 5.82 Å². The zero-order valence-electron chi connectivity index (χ0n) is 15.2. The summed E-state index contributed by atoms with van der Waals surface area (Å²) in [5, 5.41) is 14.3. The first kappa shape index (κ1) is 20.3. The Balaban J connectivity index is 1.66. The summed E-state index contributed by atoms with van der Waals surface area (Å²) in [4.78, 5) is 22.5. The van der Waals surface area contributed by atoms with Gasteiger partial charge in [0.05, 0.1) is 31.5 Å². The van der Waals surface area contributed by atoms with Crippen molar-refractivity contribution in [3.8, 4) is 6.07 Å². The summed E-state index contributed by atoms with van der Waals surface area (Å²) >= 11 is 0. The molecule has 1 fully saturated rings. The van der Waals surface area contributed by atoms with Gasteiger partial charge in [-0.2, -0.15) is 23.4 Å². The second kappa shape index (κ2) is 8.74. The van der Waals surface area contributed by atoms with E-state index in [1.165, 1.54) is 18.3 Å². The van der Waals surface area contributed by atoms with E-state index in [0.717, 1.165) is 12.1 Å². The molecule has 11 heteroatoms. The molecule has 152 valence electrons. The number of halogens is 3. The predicted octanol–water partition coefficient (Wildman–Crippen LogP) is 2.25. The number of carbonyl (C=O) groups is 1. The van der Waals surface area contributed by atoms with Gasteiger partial charge in [0.25, 0.3) is 0 Å². The van der Waals surface area contributed by atoms with E-state index in [1.54, 1.807) is 0 Å². The molecule has 0 saturated carbocycles. The number of anilines is 3. The molecule has 2 aromatic rings. The van der Waals surface area contributed by atoms with Gasteiger partial charge in [-0.25, -0.2) is 4.98 Å². The Kier molecular flexibility index (Phi) is 6.13. The number of nitrogens with one attached hydrogen (secondary N) is 2. The average molecular weight is 406 g/mol. The lowest BCUT2D eigenvalue weighted by Gasteiger charge is -2.27. The molecule has 0 radical (unpaired) electrons. The lowest BCUT2D eigenvalue weighted by Crippen LogP contribution is -2.37. The molecule has 0 spiro atoms. The maximum atomic E-state index is 12.8. The van der Waals surface area contributed by atoms with E-state index in [2.05, 4.69) is 20.6 Å². The number of nitriles is 1. The number of amides is 1. The molecular formula is C18H17F3N6O2. The smallest absolute Gasteiger partial charge is 0.378 e. The van der Waals surface area contributed by atoms with Crippen LogP contribution < -0.4 is 15.5 Å². The maximum absolute atomic E-state index is 12.8. The second-order valence-corrected chi connectivity index (χ2v) is 6.12. The zero-order chi connectivity index (χ0) is 20.9. The number of ether oxygens (including phenoxy) is 1. The summed E-state index contributed by atoms with van der Waals surface area (Å²) in [6, 6.07) is 6.42. The Labute approximate surface area is 164 Å². The number of alkyl halides is 3. The van der Waals surface area contributed by atoms with Crippen molar-refractivity contribution in [1.82, 2.24) is 9.97 Å². The van der Waals surface area contributed by atoms with Crippen molar-refractivity contribution in [3.05, 3.63) is 41.6 Å². The summed E-state index contributed by atoms with van der Waals surface area (Å²) in [5.74, 6) is -0.168. The van der Waals surface area contributed by atoms with Crippen LogP contribution in [0.5, 0.6) is 0 Å². The third-order valence-electron chi connectivity index (χ3n) is 4.09. The van der Waals surface area contributed by atoms with E-state index in [0.29, 0.717) is 32.3 Å². The number of benzene rings is 1. The minimum absolute atomic E-state index is 0.0415.